The molecule has 5 nitrogen and oxygen atoms in total. The van der Waals surface area contributed by atoms with Gasteiger partial charge in [0.1, 0.15) is 22.3 Å². The SMILES string of the molecule is O=C1CC(c2ccc(O)c(Cl)c2O)=Nc2ccc(-c3ccc(F)cc3)cc2N1. The van der Waals surface area contributed by atoms with Crippen molar-refractivity contribution in [2.45, 2.75) is 6.42 Å². The Morgan fingerprint density at radius 1 is 1.00 bits per heavy atom. The monoisotopic (exact) mass is 396 g/mol. The maximum atomic E-state index is 13.2. The molecule has 0 saturated carbocycles. The van der Waals surface area contributed by atoms with Crippen molar-refractivity contribution in [2.24, 2.45) is 4.99 Å². The van der Waals surface area contributed by atoms with Crippen LogP contribution in [-0.2, 0) is 4.79 Å². The molecule has 1 heterocycles. The quantitative estimate of drug-likeness (QED) is 0.568. The van der Waals surface area contributed by atoms with Gasteiger partial charge in [0.25, 0.3) is 0 Å². The van der Waals surface area contributed by atoms with Gasteiger partial charge >= 0.3 is 0 Å². The summed E-state index contributed by atoms with van der Waals surface area (Å²) in [6.07, 6.45) is -0.0742. The second kappa shape index (κ2) is 6.98. The summed E-state index contributed by atoms with van der Waals surface area (Å²) in [4.78, 5) is 16.9. The van der Waals surface area contributed by atoms with E-state index in [1.54, 1.807) is 24.3 Å². The van der Waals surface area contributed by atoms with Gasteiger partial charge in [-0.2, -0.15) is 0 Å². The normalized spacial score (nSPS) is 13.4. The summed E-state index contributed by atoms with van der Waals surface area (Å²) in [6.45, 7) is 0. The average molecular weight is 397 g/mol. The summed E-state index contributed by atoms with van der Waals surface area (Å²) in [5.74, 6) is -1.23. The Morgan fingerprint density at radius 2 is 1.71 bits per heavy atom. The molecule has 0 unspecified atom stereocenters. The Bertz CT molecular complexity index is 1130. The zero-order chi connectivity index (χ0) is 19.8. The first-order valence-electron chi connectivity index (χ1n) is 8.40. The average Bonchev–Trinajstić information content (AvgIpc) is 2.84. The van der Waals surface area contributed by atoms with Crippen molar-refractivity contribution in [1.29, 1.82) is 0 Å². The summed E-state index contributed by atoms with van der Waals surface area (Å²) in [6, 6.07) is 14.1. The zero-order valence-corrected chi connectivity index (χ0v) is 15.2. The van der Waals surface area contributed by atoms with Gasteiger partial charge in [0, 0.05) is 5.56 Å². The highest BCUT2D eigenvalue weighted by atomic mass is 35.5. The Morgan fingerprint density at radius 3 is 2.46 bits per heavy atom. The van der Waals surface area contributed by atoms with Gasteiger partial charge in [0.15, 0.2) is 0 Å². The first kappa shape index (κ1) is 18.0. The van der Waals surface area contributed by atoms with E-state index in [2.05, 4.69) is 10.3 Å². The fourth-order valence-corrected chi connectivity index (χ4v) is 3.19. The number of hydrogen-bond donors (Lipinski definition) is 3. The van der Waals surface area contributed by atoms with Gasteiger partial charge in [0.05, 0.1) is 23.5 Å². The van der Waals surface area contributed by atoms with Gasteiger partial charge in [-0.05, 0) is 47.5 Å². The highest BCUT2D eigenvalue weighted by Gasteiger charge is 2.21. The van der Waals surface area contributed by atoms with Crippen LogP contribution >= 0.6 is 11.6 Å². The maximum Gasteiger partial charge on any atom is 0.230 e. The lowest BCUT2D eigenvalue weighted by Crippen LogP contribution is -2.15. The summed E-state index contributed by atoms with van der Waals surface area (Å²) >= 11 is 5.90. The highest BCUT2D eigenvalue weighted by molar-refractivity contribution is 6.34. The molecule has 0 aromatic heterocycles. The first-order chi connectivity index (χ1) is 13.4. The van der Waals surface area contributed by atoms with Crippen LogP contribution in [0.3, 0.4) is 0 Å². The van der Waals surface area contributed by atoms with Crippen LogP contribution in [0.15, 0.2) is 59.6 Å². The molecule has 3 aromatic rings. The third-order valence-electron chi connectivity index (χ3n) is 4.44. The van der Waals surface area contributed by atoms with Gasteiger partial charge in [0.2, 0.25) is 5.91 Å². The number of rotatable bonds is 2. The van der Waals surface area contributed by atoms with E-state index in [9.17, 15) is 19.4 Å². The molecule has 0 radical (unpaired) electrons. The number of hydrogen-bond acceptors (Lipinski definition) is 4. The van der Waals surface area contributed by atoms with Gasteiger partial charge in [-0.1, -0.05) is 29.8 Å². The number of nitrogens with zero attached hydrogens (tertiary/aromatic N) is 1. The van der Waals surface area contributed by atoms with E-state index < -0.39 is 0 Å². The standard InChI is InChI=1S/C21H14ClFN2O3/c22-20-18(26)8-6-14(21(20)28)16-10-19(27)25-17-9-12(3-7-15(17)24-16)11-1-4-13(23)5-2-11/h1-9,26,28H,10H2,(H,25,27). The van der Waals surface area contributed by atoms with Gasteiger partial charge in [-0.15, -0.1) is 0 Å². The minimum atomic E-state index is -0.334. The minimum Gasteiger partial charge on any atom is -0.506 e. The van der Waals surface area contributed by atoms with Crippen LogP contribution < -0.4 is 5.32 Å². The lowest BCUT2D eigenvalue weighted by molar-refractivity contribution is -0.115. The number of phenolic OH excluding ortho intramolecular Hbond substituents is 2. The lowest BCUT2D eigenvalue weighted by atomic mass is 10.0. The van der Waals surface area contributed by atoms with Crippen molar-refractivity contribution in [3.63, 3.8) is 0 Å². The predicted molar refractivity (Wildman–Crippen MR) is 106 cm³/mol. The molecular weight excluding hydrogens is 383 g/mol. The largest absolute Gasteiger partial charge is 0.506 e. The van der Waals surface area contributed by atoms with Gasteiger partial charge < -0.3 is 15.5 Å². The van der Waals surface area contributed by atoms with Crippen LogP contribution in [0, 0.1) is 5.82 Å². The molecule has 0 saturated heterocycles. The molecule has 7 heteroatoms. The number of nitrogens with one attached hydrogen (secondary N) is 1. The Balaban J connectivity index is 1.79. The molecule has 0 aliphatic carbocycles. The molecule has 1 amide bonds. The second-order valence-corrected chi connectivity index (χ2v) is 6.70. The molecule has 3 aromatic carbocycles. The fraction of sp³-hybridized carbons (Fsp3) is 0.0476. The van der Waals surface area contributed by atoms with E-state index in [0.717, 1.165) is 11.1 Å². The minimum absolute atomic E-state index is 0.0742. The van der Waals surface area contributed by atoms with Crippen LogP contribution in [-0.4, -0.2) is 21.8 Å². The smallest absolute Gasteiger partial charge is 0.230 e. The van der Waals surface area contributed by atoms with Crippen molar-refractivity contribution in [1.82, 2.24) is 0 Å². The first-order valence-corrected chi connectivity index (χ1v) is 8.78. The molecule has 0 bridgehead atoms. The molecule has 1 aliphatic heterocycles. The van der Waals surface area contributed by atoms with Crippen LogP contribution in [0.25, 0.3) is 11.1 Å². The van der Waals surface area contributed by atoms with Gasteiger partial charge in [-0.25, -0.2) is 9.38 Å². The summed E-state index contributed by atoms with van der Waals surface area (Å²) in [5.41, 5.74) is 3.21. The molecule has 140 valence electrons. The number of benzene rings is 3. The molecule has 0 fully saturated rings. The Labute approximate surface area is 164 Å². The van der Waals surface area contributed by atoms with Crippen molar-refractivity contribution in [3.05, 3.63) is 71.0 Å². The maximum absolute atomic E-state index is 13.2. The number of carbonyl (C=O) groups is 1. The molecule has 0 spiro atoms. The van der Waals surface area contributed by atoms with Crippen LogP contribution in [0.2, 0.25) is 5.02 Å². The Kier molecular flexibility index (Phi) is 4.49. The molecule has 1 aliphatic rings. The Hall–Kier alpha value is -3.38. The second-order valence-electron chi connectivity index (χ2n) is 6.32. The van der Waals surface area contributed by atoms with E-state index >= 15 is 0 Å². The van der Waals surface area contributed by atoms with Gasteiger partial charge in [-0.3, -0.25) is 4.79 Å². The molecule has 4 rings (SSSR count). The van der Waals surface area contributed by atoms with E-state index in [0.29, 0.717) is 17.1 Å². The van der Waals surface area contributed by atoms with Crippen molar-refractivity contribution in [3.8, 4) is 22.6 Å². The number of amides is 1. The highest BCUT2D eigenvalue weighted by Crippen LogP contribution is 2.38. The number of carbonyl (C=O) groups excluding carboxylic acids is 1. The molecule has 28 heavy (non-hydrogen) atoms. The number of phenols is 2. The van der Waals surface area contributed by atoms with E-state index in [4.69, 9.17) is 11.6 Å². The summed E-state index contributed by atoms with van der Waals surface area (Å²) in [7, 11) is 0. The van der Waals surface area contributed by atoms with Crippen molar-refractivity contribution >= 4 is 34.6 Å². The number of fused-ring (bicyclic) bond motifs is 1. The number of halogens is 2. The molecule has 3 N–H and O–H groups in total. The number of aromatic hydroxyl groups is 2. The fourth-order valence-electron chi connectivity index (χ4n) is 3.03. The summed E-state index contributed by atoms with van der Waals surface area (Å²) < 4.78 is 13.2. The van der Waals surface area contributed by atoms with E-state index in [1.165, 1.54) is 24.3 Å². The predicted octanol–water partition coefficient (Wildman–Crippen LogP) is 5.02. The third kappa shape index (κ3) is 3.30. The van der Waals surface area contributed by atoms with E-state index in [-0.39, 0.29) is 40.2 Å². The van der Waals surface area contributed by atoms with Crippen LogP contribution in [0.1, 0.15) is 12.0 Å². The van der Waals surface area contributed by atoms with Crippen molar-refractivity contribution < 1.29 is 19.4 Å². The molecular formula is C21H14ClFN2O3. The molecule has 0 atom stereocenters. The van der Waals surface area contributed by atoms with Crippen LogP contribution in [0.5, 0.6) is 11.5 Å². The van der Waals surface area contributed by atoms with Crippen molar-refractivity contribution in [2.75, 3.05) is 5.32 Å². The zero-order valence-electron chi connectivity index (χ0n) is 14.4. The number of aliphatic imine (C=N–C) groups is 1. The third-order valence-corrected chi connectivity index (χ3v) is 4.81. The van der Waals surface area contributed by atoms with E-state index in [1.807, 2.05) is 6.07 Å². The van der Waals surface area contributed by atoms with Crippen LogP contribution in [0.4, 0.5) is 15.8 Å². The number of anilines is 1. The topological polar surface area (TPSA) is 81.9 Å². The lowest BCUT2D eigenvalue weighted by Gasteiger charge is -2.09. The summed E-state index contributed by atoms with van der Waals surface area (Å²) in [5, 5.41) is 22.4.